The Morgan fingerprint density at radius 2 is 1.92 bits per heavy atom. The van der Waals surface area contributed by atoms with Crippen LogP contribution in [0, 0.1) is 0 Å². The minimum absolute atomic E-state index is 0.460. The summed E-state index contributed by atoms with van der Waals surface area (Å²) in [4.78, 5) is 9.82. The topological polar surface area (TPSA) is 66.5 Å². The predicted octanol–water partition coefficient (Wildman–Crippen LogP) is -1.06. The normalized spacial score (nSPS) is 20.3. The molecule has 0 aliphatic carbocycles. The zero-order valence-corrected chi connectivity index (χ0v) is 7.95. The van der Waals surface area contributed by atoms with Gasteiger partial charge in [0.05, 0.1) is 0 Å². The van der Waals surface area contributed by atoms with Crippen molar-refractivity contribution in [3.63, 3.8) is 0 Å². The Kier molecular flexibility index (Phi) is 3.36. The third-order valence-electron chi connectivity index (χ3n) is 1.48. The summed E-state index contributed by atoms with van der Waals surface area (Å²) in [5, 5.41) is 0. The van der Waals surface area contributed by atoms with Crippen molar-refractivity contribution >= 4 is 28.4 Å². The molecule has 1 radical (unpaired) electrons. The van der Waals surface area contributed by atoms with Gasteiger partial charge in [0.1, 0.15) is 0 Å². The van der Waals surface area contributed by atoms with E-state index in [1.54, 1.807) is 16.5 Å². The first kappa shape index (κ1) is 9.82. The predicted molar refractivity (Wildman–Crippen MR) is 46.6 cm³/mol. The van der Waals surface area contributed by atoms with Crippen molar-refractivity contribution in [3.05, 3.63) is 0 Å². The van der Waals surface area contributed by atoms with E-state index < -0.39 is 10.2 Å². The highest BCUT2D eigenvalue weighted by atomic mass is 32.2. The van der Waals surface area contributed by atoms with E-state index >= 15 is 0 Å². The van der Waals surface area contributed by atoms with Crippen LogP contribution in [0.5, 0.6) is 0 Å². The second kappa shape index (κ2) is 4.11. The summed E-state index contributed by atoms with van der Waals surface area (Å²) in [7, 11) is -3.59. The highest BCUT2D eigenvalue weighted by molar-refractivity contribution is 7.99. The molecule has 1 fully saturated rings. The zero-order chi connectivity index (χ0) is 9.03. The van der Waals surface area contributed by atoms with E-state index in [0.29, 0.717) is 13.1 Å². The highest BCUT2D eigenvalue weighted by Gasteiger charge is 2.23. The molecule has 0 atom stereocenters. The lowest BCUT2D eigenvalue weighted by atomic mass is 10.6. The first-order valence-corrected chi connectivity index (χ1v) is 5.98. The number of carbonyl (C=O) groups excluding carboxylic acids is 1. The molecule has 0 bridgehead atoms. The van der Waals surface area contributed by atoms with E-state index in [9.17, 15) is 13.2 Å². The van der Waals surface area contributed by atoms with Crippen molar-refractivity contribution in [2.75, 3.05) is 24.6 Å². The van der Waals surface area contributed by atoms with Gasteiger partial charge in [-0.1, -0.05) is 0 Å². The fourth-order valence-corrected chi connectivity index (χ4v) is 2.94. The van der Waals surface area contributed by atoms with Gasteiger partial charge in [-0.25, -0.2) is 4.72 Å². The molecule has 5 nitrogen and oxygen atoms in total. The Morgan fingerprint density at radius 3 is 2.42 bits per heavy atom. The summed E-state index contributed by atoms with van der Waals surface area (Å²) in [6.45, 7) is 0.920. The molecule has 1 aliphatic rings. The fourth-order valence-electron chi connectivity index (χ4n) is 0.904. The minimum atomic E-state index is -3.59. The van der Waals surface area contributed by atoms with Gasteiger partial charge in [-0.3, -0.25) is 4.79 Å². The van der Waals surface area contributed by atoms with Crippen LogP contribution < -0.4 is 4.72 Å². The number of nitrogens with zero attached hydrogens (tertiary/aromatic N) is 1. The van der Waals surface area contributed by atoms with Gasteiger partial charge < -0.3 is 0 Å². The van der Waals surface area contributed by atoms with Crippen LogP contribution in [0.3, 0.4) is 0 Å². The van der Waals surface area contributed by atoms with Crippen LogP contribution in [0.25, 0.3) is 0 Å². The van der Waals surface area contributed by atoms with Gasteiger partial charge in [-0.2, -0.15) is 24.5 Å². The lowest BCUT2D eigenvalue weighted by Gasteiger charge is -2.24. The van der Waals surface area contributed by atoms with Gasteiger partial charge in [-0.05, 0) is 0 Å². The van der Waals surface area contributed by atoms with E-state index in [2.05, 4.69) is 0 Å². The number of rotatable bonds is 3. The zero-order valence-electron chi connectivity index (χ0n) is 6.32. The summed E-state index contributed by atoms with van der Waals surface area (Å²) in [6.07, 6.45) is 1.17. The number of amides is 1. The average molecular weight is 209 g/mol. The SMILES string of the molecule is O=[C]NS(=O)(=O)N1CCSCC1. The van der Waals surface area contributed by atoms with Crippen LogP contribution in [0.15, 0.2) is 0 Å². The van der Waals surface area contributed by atoms with Crippen molar-refractivity contribution < 1.29 is 13.2 Å². The van der Waals surface area contributed by atoms with Crippen LogP contribution >= 0.6 is 11.8 Å². The third kappa shape index (κ3) is 2.36. The van der Waals surface area contributed by atoms with E-state index in [1.807, 2.05) is 0 Å². The molecule has 0 aromatic carbocycles. The maximum Gasteiger partial charge on any atom is 0.324 e. The molecule has 1 rings (SSSR count). The van der Waals surface area contributed by atoms with Crippen molar-refractivity contribution in [3.8, 4) is 0 Å². The number of nitrogens with one attached hydrogen (secondary N) is 1. The Balaban J connectivity index is 2.60. The lowest BCUT2D eigenvalue weighted by Crippen LogP contribution is -2.44. The number of hydrogen-bond acceptors (Lipinski definition) is 4. The standard InChI is InChI=1S/C5H9N2O3S2/c8-5-6-12(9,10)7-1-3-11-4-2-7/h1-4H2,(H,6,8). The number of thioether (sulfide) groups is 1. The van der Waals surface area contributed by atoms with Crippen molar-refractivity contribution in [2.45, 2.75) is 0 Å². The van der Waals surface area contributed by atoms with Gasteiger partial charge in [0.25, 0.3) is 0 Å². The molecule has 1 N–H and O–H groups in total. The van der Waals surface area contributed by atoms with E-state index in [0.717, 1.165) is 11.5 Å². The van der Waals surface area contributed by atoms with Gasteiger partial charge in [0.2, 0.25) is 0 Å². The molecule has 1 saturated heterocycles. The summed E-state index contributed by atoms with van der Waals surface area (Å²) in [5.74, 6) is 1.56. The molecule has 1 aliphatic heterocycles. The lowest BCUT2D eigenvalue weighted by molar-refractivity contribution is 0.438. The molecule has 7 heteroatoms. The summed E-state index contributed by atoms with van der Waals surface area (Å²) in [5.41, 5.74) is 0. The van der Waals surface area contributed by atoms with Crippen molar-refractivity contribution in [1.82, 2.24) is 9.03 Å². The largest absolute Gasteiger partial charge is 0.324 e. The second-order valence-corrected chi connectivity index (χ2v) is 5.12. The first-order chi connectivity index (χ1) is 5.67. The Morgan fingerprint density at radius 1 is 1.33 bits per heavy atom. The molecule has 0 aromatic heterocycles. The van der Waals surface area contributed by atoms with Crippen LogP contribution in [-0.4, -0.2) is 43.7 Å². The molecule has 0 aromatic rings. The van der Waals surface area contributed by atoms with Crippen molar-refractivity contribution in [2.24, 2.45) is 0 Å². The van der Waals surface area contributed by atoms with Crippen LogP contribution in [-0.2, 0) is 15.0 Å². The molecular formula is C5H9N2O3S2. The summed E-state index contributed by atoms with van der Waals surface area (Å²) < 4.78 is 25.2. The van der Waals surface area contributed by atoms with Gasteiger partial charge in [0.15, 0.2) is 0 Å². The van der Waals surface area contributed by atoms with E-state index in [-0.39, 0.29) is 0 Å². The highest BCUT2D eigenvalue weighted by Crippen LogP contribution is 2.11. The van der Waals surface area contributed by atoms with Gasteiger partial charge in [0, 0.05) is 24.6 Å². The van der Waals surface area contributed by atoms with Crippen LogP contribution in [0.4, 0.5) is 0 Å². The smallest absolute Gasteiger partial charge is 0.262 e. The summed E-state index contributed by atoms with van der Waals surface area (Å²) in [6, 6.07) is 0. The second-order valence-electron chi connectivity index (χ2n) is 2.22. The fraction of sp³-hybridized carbons (Fsp3) is 0.800. The summed E-state index contributed by atoms with van der Waals surface area (Å²) >= 11 is 1.70. The number of hydrogen-bond donors (Lipinski definition) is 1. The van der Waals surface area contributed by atoms with Crippen molar-refractivity contribution in [1.29, 1.82) is 0 Å². The minimum Gasteiger partial charge on any atom is -0.262 e. The average Bonchev–Trinajstić information content (AvgIpc) is 2.06. The molecule has 0 unspecified atom stereocenters. The molecule has 69 valence electrons. The van der Waals surface area contributed by atoms with E-state index in [4.69, 9.17) is 0 Å². The Hall–Kier alpha value is -0.270. The third-order valence-corrected chi connectivity index (χ3v) is 3.81. The quantitative estimate of drug-likeness (QED) is 0.601. The Labute approximate surface area is 75.7 Å². The molecule has 1 amide bonds. The molecule has 1 heterocycles. The van der Waals surface area contributed by atoms with Crippen LogP contribution in [0.2, 0.25) is 0 Å². The molecule has 12 heavy (non-hydrogen) atoms. The van der Waals surface area contributed by atoms with Gasteiger partial charge in [-0.15, -0.1) is 0 Å². The van der Waals surface area contributed by atoms with E-state index in [1.165, 1.54) is 10.7 Å². The molecule has 0 saturated carbocycles. The maximum absolute atomic E-state index is 11.1. The van der Waals surface area contributed by atoms with Gasteiger partial charge >= 0.3 is 16.6 Å². The Bertz CT molecular complexity index is 245. The maximum atomic E-state index is 11.1. The molecule has 0 spiro atoms. The van der Waals surface area contributed by atoms with Crippen LogP contribution in [0.1, 0.15) is 0 Å². The molecular weight excluding hydrogens is 200 g/mol. The monoisotopic (exact) mass is 209 g/mol. The first-order valence-electron chi connectivity index (χ1n) is 3.38.